The predicted octanol–water partition coefficient (Wildman–Crippen LogP) is 2.57. The van der Waals surface area contributed by atoms with Crippen LogP contribution in [0, 0.1) is 0 Å². The molecule has 1 saturated carbocycles. The second-order valence-electron chi connectivity index (χ2n) is 5.78. The molecule has 3 rings (SSSR count). The number of amides is 2. The summed E-state index contributed by atoms with van der Waals surface area (Å²) in [5, 5.41) is 2.97. The maximum Gasteiger partial charge on any atom is 0.253 e. The smallest absolute Gasteiger partial charge is 0.253 e. The molecule has 1 aliphatic heterocycles. The summed E-state index contributed by atoms with van der Waals surface area (Å²) < 4.78 is 0. The van der Waals surface area contributed by atoms with Crippen LogP contribution in [0.4, 0.5) is 5.69 Å². The van der Waals surface area contributed by atoms with Gasteiger partial charge in [0.1, 0.15) is 12.1 Å². The van der Waals surface area contributed by atoms with E-state index in [1.165, 1.54) is 0 Å². The molecule has 1 N–H and O–H groups in total. The Bertz CT molecular complexity index is 550. The Morgan fingerprint density at radius 3 is 2.38 bits per heavy atom. The lowest BCUT2D eigenvalue weighted by atomic mass is 9.79. The molecule has 2 amide bonds. The van der Waals surface area contributed by atoms with E-state index >= 15 is 0 Å². The zero-order valence-electron chi connectivity index (χ0n) is 12.2. The number of anilines is 1. The van der Waals surface area contributed by atoms with Crippen LogP contribution in [0.25, 0.3) is 0 Å². The molecule has 112 valence electrons. The fourth-order valence-corrected chi connectivity index (χ4v) is 3.71. The Kier molecular flexibility index (Phi) is 3.93. The van der Waals surface area contributed by atoms with E-state index in [1.807, 2.05) is 30.5 Å². The van der Waals surface area contributed by atoms with Gasteiger partial charge in [-0.05, 0) is 43.4 Å². The van der Waals surface area contributed by atoms with Crippen LogP contribution in [0.3, 0.4) is 0 Å². The maximum absolute atomic E-state index is 12.9. The number of carbonyl (C=O) groups is 2. The number of rotatable bonds is 2. The topological polar surface area (TPSA) is 49.4 Å². The van der Waals surface area contributed by atoms with Crippen LogP contribution in [0.15, 0.2) is 29.2 Å². The molecule has 1 aromatic rings. The van der Waals surface area contributed by atoms with E-state index in [0.717, 1.165) is 42.7 Å². The third kappa shape index (κ3) is 2.67. The fraction of sp³-hybridized carbons (Fsp3) is 0.500. The van der Waals surface area contributed by atoms with E-state index in [4.69, 9.17) is 0 Å². The predicted molar refractivity (Wildman–Crippen MR) is 84.5 cm³/mol. The van der Waals surface area contributed by atoms with Crippen LogP contribution in [0.2, 0.25) is 0 Å². The first-order valence-corrected chi connectivity index (χ1v) is 8.64. The van der Waals surface area contributed by atoms with Crippen molar-refractivity contribution in [3.8, 4) is 0 Å². The number of nitrogens with one attached hydrogen (secondary N) is 1. The lowest BCUT2D eigenvalue weighted by Crippen LogP contribution is -2.67. The molecule has 2 fully saturated rings. The molecule has 1 aromatic carbocycles. The fourth-order valence-electron chi connectivity index (χ4n) is 3.30. The molecule has 0 radical (unpaired) electrons. The van der Waals surface area contributed by atoms with Gasteiger partial charge < -0.3 is 10.2 Å². The maximum atomic E-state index is 12.9. The molecule has 4 nitrogen and oxygen atoms in total. The molecule has 0 atom stereocenters. The highest BCUT2D eigenvalue weighted by Gasteiger charge is 2.47. The van der Waals surface area contributed by atoms with Crippen molar-refractivity contribution in [3.63, 3.8) is 0 Å². The largest absolute Gasteiger partial charge is 0.340 e. The molecule has 5 heteroatoms. The zero-order chi connectivity index (χ0) is 14.9. The highest BCUT2D eigenvalue weighted by molar-refractivity contribution is 7.98. The van der Waals surface area contributed by atoms with Gasteiger partial charge >= 0.3 is 0 Å². The monoisotopic (exact) mass is 304 g/mol. The minimum absolute atomic E-state index is 0.0505. The van der Waals surface area contributed by atoms with Crippen LogP contribution >= 0.6 is 11.8 Å². The Balaban J connectivity index is 1.89. The van der Waals surface area contributed by atoms with Crippen LogP contribution in [0.5, 0.6) is 0 Å². The van der Waals surface area contributed by atoms with E-state index in [2.05, 4.69) is 5.32 Å². The van der Waals surface area contributed by atoms with Gasteiger partial charge in [0.25, 0.3) is 5.91 Å². The average molecular weight is 304 g/mol. The standard InChI is InChI=1S/C16H20N2O2S/c1-21-13-7-5-12(6-8-13)18-11-14(19)17-16(15(18)20)9-3-2-4-10-16/h5-8H,2-4,9-11H2,1H3,(H,17,19). The number of nitrogens with zero attached hydrogens (tertiary/aromatic N) is 1. The van der Waals surface area contributed by atoms with Gasteiger partial charge in [-0.25, -0.2) is 0 Å². The number of thioether (sulfide) groups is 1. The number of piperazine rings is 1. The third-order valence-electron chi connectivity index (χ3n) is 4.43. The van der Waals surface area contributed by atoms with Gasteiger partial charge in [0.2, 0.25) is 5.91 Å². The van der Waals surface area contributed by atoms with Crippen molar-refractivity contribution in [2.24, 2.45) is 0 Å². The van der Waals surface area contributed by atoms with Gasteiger partial charge in [-0.3, -0.25) is 9.59 Å². The summed E-state index contributed by atoms with van der Waals surface area (Å²) in [5.41, 5.74) is 0.156. The van der Waals surface area contributed by atoms with E-state index in [-0.39, 0.29) is 18.4 Å². The quantitative estimate of drug-likeness (QED) is 0.854. The van der Waals surface area contributed by atoms with Crippen LogP contribution in [-0.4, -0.2) is 30.2 Å². The highest BCUT2D eigenvalue weighted by Crippen LogP contribution is 2.34. The molecular formula is C16H20N2O2S. The van der Waals surface area contributed by atoms with Crippen molar-refractivity contribution in [2.45, 2.75) is 42.5 Å². The molecule has 1 saturated heterocycles. The summed E-state index contributed by atoms with van der Waals surface area (Å²) >= 11 is 1.66. The number of benzene rings is 1. The summed E-state index contributed by atoms with van der Waals surface area (Å²) in [6.45, 7) is 0.124. The molecule has 1 heterocycles. The normalized spacial score (nSPS) is 21.5. The van der Waals surface area contributed by atoms with Crippen molar-refractivity contribution in [1.29, 1.82) is 0 Å². The zero-order valence-corrected chi connectivity index (χ0v) is 13.0. The lowest BCUT2D eigenvalue weighted by molar-refractivity contribution is -0.137. The minimum Gasteiger partial charge on any atom is -0.340 e. The Morgan fingerprint density at radius 1 is 1.10 bits per heavy atom. The highest BCUT2D eigenvalue weighted by atomic mass is 32.2. The van der Waals surface area contributed by atoms with Crippen LogP contribution < -0.4 is 10.2 Å². The van der Waals surface area contributed by atoms with Gasteiger partial charge in [-0.2, -0.15) is 0 Å². The van der Waals surface area contributed by atoms with Gasteiger partial charge in [0, 0.05) is 10.6 Å². The summed E-state index contributed by atoms with van der Waals surface area (Å²) in [7, 11) is 0. The first-order chi connectivity index (χ1) is 10.1. The number of hydrogen-bond donors (Lipinski definition) is 1. The minimum atomic E-state index is -0.661. The second-order valence-corrected chi connectivity index (χ2v) is 6.66. The average Bonchev–Trinajstić information content (AvgIpc) is 2.52. The van der Waals surface area contributed by atoms with Crippen molar-refractivity contribution < 1.29 is 9.59 Å². The van der Waals surface area contributed by atoms with Gasteiger partial charge in [0.05, 0.1) is 0 Å². The Hall–Kier alpha value is -1.49. The summed E-state index contributed by atoms with van der Waals surface area (Å²) in [6, 6.07) is 7.85. The summed E-state index contributed by atoms with van der Waals surface area (Å²) in [5.74, 6) is 0.00384. The molecule has 0 bridgehead atoms. The molecule has 0 aromatic heterocycles. The first-order valence-electron chi connectivity index (χ1n) is 7.42. The Morgan fingerprint density at radius 2 is 1.76 bits per heavy atom. The van der Waals surface area contributed by atoms with Crippen LogP contribution in [-0.2, 0) is 9.59 Å². The van der Waals surface area contributed by atoms with Crippen molar-refractivity contribution in [2.75, 3.05) is 17.7 Å². The van der Waals surface area contributed by atoms with Crippen molar-refractivity contribution in [3.05, 3.63) is 24.3 Å². The molecule has 2 aliphatic rings. The van der Waals surface area contributed by atoms with E-state index < -0.39 is 5.54 Å². The molecule has 1 aliphatic carbocycles. The van der Waals surface area contributed by atoms with Gasteiger partial charge in [0.15, 0.2) is 0 Å². The molecule has 0 unspecified atom stereocenters. The second kappa shape index (κ2) is 5.72. The van der Waals surface area contributed by atoms with E-state index in [1.54, 1.807) is 16.7 Å². The van der Waals surface area contributed by atoms with Gasteiger partial charge in [-0.1, -0.05) is 19.3 Å². The third-order valence-corrected chi connectivity index (χ3v) is 5.17. The molecule has 1 spiro atoms. The van der Waals surface area contributed by atoms with Crippen molar-refractivity contribution >= 4 is 29.3 Å². The van der Waals surface area contributed by atoms with Crippen molar-refractivity contribution in [1.82, 2.24) is 5.32 Å². The van der Waals surface area contributed by atoms with E-state index in [0.29, 0.717) is 0 Å². The lowest BCUT2D eigenvalue weighted by Gasteiger charge is -2.44. The van der Waals surface area contributed by atoms with Crippen LogP contribution in [0.1, 0.15) is 32.1 Å². The SMILES string of the molecule is CSc1ccc(N2CC(=O)NC3(CCCCC3)C2=O)cc1. The molecular weight excluding hydrogens is 284 g/mol. The number of hydrogen-bond acceptors (Lipinski definition) is 3. The summed E-state index contributed by atoms with van der Waals surface area (Å²) in [4.78, 5) is 27.8. The number of carbonyl (C=O) groups excluding carboxylic acids is 2. The Labute approximate surface area is 129 Å². The molecule has 21 heavy (non-hydrogen) atoms. The van der Waals surface area contributed by atoms with E-state index in [9.17, 15) is 9.59 Å². The summed E-state index contributed by atoms with van der Waals surface area (Å²) in [6.07, 6.45) is 6.70. The van der Waals surface area contributed by atoms with Gasteiger partial charge in [-0.15, -0.1) is 11.8 Å². The first kappa shape index (κ1) is 14.4.